The van der Waals surface area contributed by atoms with E-state index in [1.54, 1.807) is 11.8 Å². The Hall–Kier alpha value is -3.27. The van der Waals surface area contributed by atoms with Gasteiger partial charge in [0.25, 0.3) is 5.91 Å². The van der Waals surface area contributed by atoms with Crippen molar-refractivity contribution in [1.29, 1.82) is 0 Å². The number of halogens is 3. The minimum absolute atomic E-state index is 0.176. The molecule has 0 atom stereocenters. The van der Waals surface area contributed by atoms with Gasteiger partial charge in [0.1, 0.15) is 11.3 Å². The number of piperazine rings is 1. The first-order chi connectivity index (χ1) is 15.3. The number of amides is 1. The van der Waals surface area contributed by atoms with Crippen LogP contribution in [0.1, 0.15) is 27.3 Å². The van der Waals surface area contributed by atoms with E-state index in [2.05, 4.69) is 9.88 Å². The molecule has 2 aromatic heterocycles. The van der Waals surface area contributed by atoms with Crippen molar-refractivity contribution >= 4 is 11.6 Å². The summed E-state index contributed by atoms with van der Waals surface area (Å²) in [7, 11) is 0. The van der Waals surface area contributed by atoms with Gasteiger partial charge in [-0.25, -0.2) is 4.98 Å². The lowest BCUT2D eigenvalue weighted by molar-refractivity contribution is -0.137. The predicted molar refractivity (Wildman–Crippen MR) is 109 cm³/mol. The van der Waals surface area contributed by atoms with E-state index in [0.717, 1.165) is 29.3 Å². The number of benzene rings is 1. The van der Waals surface area contributed by atoms with Gasteiger partial charge in [-0.1, -0.05) is 6.07 Å². The van der Waals surface area contributed by atoms with E-state index in [4.69, 9.17) is 9.47 Å². The molecule has 168 valence electrons. The van der Waals surface area contributed by atoms with Crippen LogP contribution in [0.4, 0.5) is 13.2 Å². The molecular formula is C22H21F3N4O3. The second-order valence-corrected chi connectivity index (χ2v) is 7.95. The summed E-state index contributed by atoms with van der Waals surface area (Å²) in [6, 6.07) is 8.10. The molecule has 32 heavy (non-hydrogen) atoms. The van der Waals surface area contributed by atoms with Gasteiger partial charge in [0.15, 0.2) is 11.5 Å². The van der Waals surface area contributed by atoms with Crippen LogP contribution in [-0.4, -0.2) is 58.1 Å². The molecule has 0 N–H and O–H groups in total. The Labute approximate surface area is 182 Å². The number of aryl methyl sites for hydroxylation is 1. The van der Waals surface area contributed by atoms with Gasteiger partial charge in [0.2, 0.25) is 6.79 Å². The predicted octanol–water partition coefficient (Wildman–Crippen LogP) is 3.35. The lowest BCUT2D eigenvalue weighted by Crippen LogP contribution is -2.48. The zero-order chi connectivity index (χ0) is 22.5. The maximum Gasteiger partial charge on any atom is 0.417 e. The number of nitrogens with zero attached hydrogens (tertiary/aromatic N) is 4. The van der Waals surface area contributed by atoms with Gasteiger partial charge >= 0.3 is 6.18 Å². The first kappa shape index (κ1) is 20.6. The summed E-state index contributed by atoms with van der Waals surface area (Å²) in [4.78, 5) is 21.4. The standard InChI is InChI=1S/C22H21F3N4O3/c1-14-20(29-12-16(22(23,24)25)3-5-19(29)26-14)21(30)28-8-6-27(7-9-28)11-15-2-4-17-18(10-15)32-13-31-17/h2-5,10,12H,6-9,11,13H2,1H3. The van der Waals surface area contributed by atoms with Crippen molar-refractivity contribution in [2.75, 3.05) is 33.0 Å². The largest absolute Gasteiger partial charge is 0.454 e. The van der Waals surface area contributed by atoms with Gasteiger partial charge in [-0.3, -0.25) is 14.1 Å². The second-order valence-electron chi connectivity index (χ2n) is 7.95. The zero-order valence-corrected chi connectivity index (χ0v) is 17.4. The van der Waals surface area contributed by atoms with E-state index in [-0.39, 0.29) is 18.4 Å². The third-order valence-corrected chi connectivity index (χ3v) is 5.83. The molecule has 5 rings (SSSR count). The van der Waals surface area contributed by atoms with Crippen LogP contribution in [0.2, 0.25) is 0 Å². The molecule has 1 amide bonds. The van der Waals surface area contributed by atoms with E-state index in [9.17, 15) is 18.0 Å². The monoisotopic (exact) mass is 446 g/mol. The van der Waals surface area contributed by atoms with Gasteiger partial charge in [-0.2, -0.15) is 13.2 Å². The van der Waals surface area contributed by atoms with Gasteiger partial charge in [0, 0.05) is 38.9 Å². The second kappa shape index (κ2) is 7.70. The van der Waals surface area contributed by atoms with Crippen LogP contribution >= 0.6 is 0 Å². The van der Waals surface area contributed by atoms with Crippen molar-refractivity contribution in [3.05, 3.63) is 59.0 Å². The molecule has 1 fully saturated rings. The van der Waals surface area contributed by atoms with E-state index >= 15 is 0 Å². The van der Waals surface area contributed by atoms with Crippen LogP contribution in [-0.2, 0) is 12.7 Å². The number of imidazole rings is 1. The van der Waals surface area contributed by atoms with Crippen molar-refractivity contribution in [3.8, 4) is 11.5 Å². The molecule has 3 aromatic rings. The van der Waals surface area contributed by atoms with Crippen LogP contribution < -0.4 is 9.47 Å². The molecule has 0 radical (unpaired) electrons. The number of carbonyl (C=O) groups excluding carboxylic acids is 1. The number of carbonyl (C=O) groups is 1. The maximum atomic E-state index is 13.2. The summed E-state index contributed by atoms with van der Waals surface area (Å²) >= 11 is 0. The number of rotatable bonds is 3. The maximum absolute atomic E-state index is 13.2. The lowest BCUT2D eigenvalue weighted by atomic mass is 10.1. The van der Waals surface area contributed by atoms with Gasteiger partial charge in [0.05, 0.1) is 11.3 Å². The molecule has 0 saturated carbocycles. The highest BCUT2D eigenvalue weighted by Crippen LogP contribution is 2.33. The molecular weight excluding hydrogens is 425 g/mol. The van der Waals surface area contributed by atoms with Crippen molar-refractivity contribution < 1.29 is 27.4 Å². The molecule has 0 aliphatic carbocycles. The fourth-order valence-electron chi connectivity index (χ4n) is 4.14. The minimum Gasteiger partial charge on any atom is -0.454 e. The molecule has 2 aliphatic heterocycles. The molecule has 0 bridgehead atoms. The molecule has 7 nitrogen and oxygen atoms in total. The summed E-state index contributed by atoms with van der Waals surface area (Å²) in [5.41, 5.74) is 1.18. The Bertz CT molecular complexity index is 1180. The molecule has 1 aromatic carbocycles. The molecule has 1 saturated heterocycles. The average Bonchev–Trinajstić information content (AvgIpc) is 3.35. The minimum atomic E-state index is -4.49. The molecule has 2 aliphatic rings. The van der Waals surface area contributed by atoms with Crippen LogP contribution in [0.3, 0.4) is 0 Å². The quantitative estimate of drug-likeness (QED) is 0.618. The highest BCUT2D eigenvalue weighted by molar-refractivity contribution is 5.94. The van der Waals surface area contributed by atoms with Crippen LogP contribution in [0.25, 0.3) is 5.65 Å². The highest BCUT2D eigenvalue weighted by Gasteiger charge is 2.32. The Morgan fingerprint density at radius 3 is 2.56 bits per heavy atom. The van der Waals surface area contributed by atoms with E-state index in [1.165, 1.54) is 10.5 Å². The third kappa shape index (κ3) is 3.75. The highest BCUT2D eigenvalue weighted by atomic mass is 19.4. The summed E-state index contributed by atoms with van der Waals surface area (Å²) in [5, 5.41) is 0. The normalized spacial score (nSPS) is 16.7. The number of hydrogen-bond acceptors (Lipinski definition) is 5. The number of aromatic nitrogens is 2. The SMILES string of the molecule is Cc1nc2ccc(C(F)(F)F)cn2c1C(=O)N1CCN(Cc2ccc3c(c2)OCO3)CC1. The van der Waals surface area contributed by atoms with Gasteiger partial charge in [-0.05, 0) is 36.8 Å². The summed E-state index contributed by atoms with van der Waals surface area (Å²) < 4.78 is 51.5. The summed E-state index contributed by atoms with van der Waals surface area (Å²) in [6.45, 7) is 4.86. The van der Waals surface area contributed by atoms with Crippen molar-refractivity contribution in [3.63, 3.8) is 0 Å². The van der Waals surface area contributed by atoms with E-state index in [1.807, 2.05) is 18.2 Å². The fourth-order valence-corrected chi connectivity index (χ4v) is 4.14. The fraction of sp³-hybridized carbons (Fsp3) is 0.364. The van der Waals surface area contributed by atoms with Crippen molar-refractivity contribution in [2.24, 2.45) is 0 Å². The van der Waals surface area contributed by atoms with Crippen molar-refractivity contribution in [1.82, 2.24) is 19.2 Å². The zero-order valence-electron chi connectivity index (χ0n) is 17.4. The molecule has 0 unspecified atom stereocenters. The molecule has 4 heterocycles. The summed E-state index contributed by atoms with van der Waals surface area (Å²) in [6.07, 6.45) is -3.55. The van der Waals surface area contributed by atoms with E-state index in [0.29, 0.717) is 44.1 Å². The Morgan fingerprint density at radius 1 is 1.06 bits per heavy atom. The van der Waals surface area contributed by atoms with Crippen molar-refractivity contribution in [2.45, 2.75) is 19.6 Å². The third-order valence-electron chi connectivity index (χ3n) is 5.83. The first-order valence-corrected chi connectivity index (χ1v) is 10.3. The first-order valence-electron chi connectivity index (χ1n) is 10.3. The Kier molecular flexibility index (Phi) is 4.96. The Balaban J connectivity index is 1.29. The van der Waals surface area contributed by atoms with Gasteiger partial charge in [-0.15, -0.1) is 0 Å². The van der Waals surface area contributed by atoms with Crippen LogP contribution in [0.15, 0.2) is 36.5 Å². The number of fused-ring (bicyclic) bond motifs is 2. The smallest absolute Gasteiger partial charge is 0.417 e. The average molecular weight is 446 g/mol. The Morgan fingerprint density at radius 2 is 1.81 bits per heavy atom. The van der Waals surface area contributed by atoms with Crippen LogP contribution in [0.5, 0.6) is 11.5 Å². The summed E-state index contributed by atoms with van der Waals surface area (Å²) in [5.74, 6) is 1.16. The number of hydrogen-bond donors (Lipinski definition) is 0. The van der Waals surface area contributed by atoms with Gasteiger partial charge < -0.3 is 14.4 Å². The molecule has 10 heteroatoms. The molecule has 0 spiro atoms. The van der Waals surface area contributed by atoms with Crippen LogP contribution in [0, 0.1) is 6.92 Å². The van der Waals surface area contributed by atoms with E-state index < -0.39 is 11.7 Å². The topological polar surface area (TPSA) is 59.3 Å². The number of pyridine rings is 1. The lowest BCUT2D eigenvalue weighted by Gasteiger charge is -2.34. The number of alkyl halides is 3. The number of ether oxygens (including phenoxy) is 2.